The average molecular weight is 654 g/mol. The number of nitrogens with one attached hydrogen (secondary N) is 3. The Morgan fingerprint density at radius 2 is 1.96 bits per heavy atom. The number of halogens is 2. The summed E-state index contributed by atoms with van der Waals surface area (Å²) in [5.74, 6) is 0.305. The molecule has 7 rings (SSSR count). The monoisotopic (exact) mass is 653 g/mol. The molecule has 0 radical (unpaired) electrons. The van der Waals surface area contributed by atoms with Gasteiger partial charge in [0.2, 0.25) is 5.91 Å². The second-order valence-corrected chi connectivity index (χ2v) is 12.0. The van der Waals surface area contributed by atoms with Crippen LogP contribution in [0.2, 0.25) is 0 Å². The fourth-order valence-corrected chi connectivity index (χ4v) is 6.50. The van der Waals surface area contributed by atoms with Crippen LogP contribution in [0.1, 0.15) is 34.8 Å². The molecule has 2 amide bonds. The number of hydrogen-bond donors (Lipinski definition) is 3. The van der Waals surface area contributed by atoms with Crippen LogP contribution >= 0.6 is 0 Å². The van der Waals surface area contributed by atoms with Crippen LogP contribution in [-0.2, 0) is 9.53 Å². The summed E-state index contributed by atoms with van der Waals surface area (Å²) in [5, 5.41) is 11.8. The van der Waals surface area contributed by atoms with Gasteiger partial charge in [0.05, 0.1) is 36.8 Å². The van der Waals surface area contributed by atoms with Gasteiger partial charge in [0, 0.05) is 69.5 Å². The summed E-state index contributed by atoms with van der Waals surface area (Å²) in [6, 6.07) is 3.91. The first-order valence-electron chi connectivity index (χ1n) is 15.8. The molecule has 1 unspecified atom stereocenters. The summed E-state index contributed by atoms with van der Waals surface area (Å²) in [7, 11) is 0. The maximum Gasteiger partial charge on any atom is 0.387 e. The molecule has 3 N–H and O–H groups in total. The molecule has 2 fully saturated rings. The fourth-order valence-electron chi connectivity index (χ4n) is 6.50. The Balaban J connectivity index is 1.10. The third-order valence-electron chi connectivity index (χ3n) is 8.89. The smallest absolute Gasteiger partial charge is 0.387 e. The second-order valence-electron chi connectivity index (χ2n) is 12.0. The van der Waals surface area contributed by atoms with Gasteiger partial charge >= 0.3 is 6.61 Å². The van der Waals surface area contributed by atoms with Crippen molar-refractivity contribution in [2.75, 3.05) is 71.0 Å². The number of hydrogen-bond acceptors (Lipinski definition) is 11. The molecule has 0 aliphatic carbocycles. The molecule has 6 heterocycles. The molecule has 1 atom stereocenters. The maximum atomic E-state index is 13.6. The van der Waals surface area contributed by atoms with Gasteiger partial charge in [-0.15, -0.1) is 0 Å². The SMILES string of the molecule is O=C(NC1=CN(CC(=O)N2CCC(CN3CCOCC3)CC2)NC1c1cc2c(cc1OC(F)F)NCCO2)c1cnn2cccnc12. The molecule has 0 bridgehead atoms. The number of ether oxygens (including phenoxy) is 3. The first-order valence-corrected chi connectivity index (χ1v) is 15.8. The van der Waals surface area contributed by atoms with Crippen molar-refractivity contribution >= 4 is 23.1 Å². The molecule has 14 nitrogen and oxygen atoms in total. The number of piperidine rings is 1. The van der Waals surface area contributed by atoms with Crippen LogP contribution in [0.25, 0.3) is 5.65 Å². The first kappa shape index (κ1) is 31.1. The Morgan fingerprint density at radius 1 is 1.13 bits per heavy atom. The van der Waals surface area contributed by atoms with Crippen molar-refractivity contribution in [3.63, 3.8) is 0 Å². The minimum absolute atomic E-state index is 0.0314. The largest absolute Gasteiger partial charge is 0.490 e. The van der Waals surface area contributed by atoms with E-state index in [0.717, 1.165) is 45.7 Å². The van der Waals surface area contributed by atoms with E-state index in [4.69, 9.17) is 14.2 Å². The third kappa shape index (κ3) is 6.94. The summed E-state index contributed by atoms with van der Waals surface area (Å²) in [5.41, 5.74) is 4.94. The van der Waals surface area contributed by atoms with Gasteiger partial charge in [0.15, 0.2) is 5.65 Å². The number of amides is 2. The molecule has 0 saturated carbocycles. The highest BCUT2D eigenvalue weighted by Crippen LogP contribution is 2.41. The van der Waals surface area contributed by atoms with Crippen LogP contribution in [0.3, 0.4) is 0 Å². The van der Waals surface area contributed by atoms with Gasteiger partial charge in [-0.3, -0.25) is 14.5 Å². The molecule has 3 aromatic rings. The van der Waals surface area contributed by atoms with Crippen LogP contribution in [0, 0.1) is 5.92 Å². The summed E-state index contributed by atoms with van der Waals surface area (Å²) < 4.78 is 44.9. The number of carbonyl (C=O) groups excluding carboxylic acids is 2. The van der Waals surface area contributed by atoms with Gasteiger partial charge in [-0.2, -0.15) is 13.9 Å². The van der Waals surface area contributed by atoms with Gasteiger partial charge in [0.1, 0.15) is 30.2 Å². The topological polar surface area (TPSA) is 138 Å². The second kappa shape index (κ2) is 13.7. The lowest BCUT2D eigenvalue weighted by molar-refractivity contribution is -0.133. The number of fused-ring (bicyclic) bond motifs is 2. The number of carbonyl (C=O) groups is 2. The number of rotatable bonds is 9. The van der Waals surface area contributed by atoms with E-state index in [-0.39, 0.29) is 23.8 Å². The number of alkyl halides is 2. The normalized spacial score (nSPS) is 20.5. The zero-order valence-corrected chi connectivity index (χ0v) is 25.7. The minimum Gasteiger partial charge on any atom is -0.490 e. The molecule has 4 aliphatic rings. The number of anilines is 1. The lowest BCUT2D eigenvalue weighted by Gasteiger charge is -2.36. The van der Waals surface area contributed by atoms with E-state index in [0.29, 0.717) is 60.5 Å². The van der Waals surface area contributed by atoms with Gasteiger partial charge in [-0.25, -0.2) is 14.9 Å². The van der Waals surface area contributed by atoms with E-state index in [1.54, 1.807) is 35.7 Å². The lowest BCUT2D eigenvalue weighted by atomic mass is 9.96. The van der Waals surface area contributed by atoms with Crippen molar-refractivity contribution in [3.8, 4) is 11.5 Å². The zero-order chi connectivity index (χ0) is 32.3. The average Bonchev–Trinajstić information content (AvgIpc) is 3.69. The van der Waals surface area contributed by atoms with Crippen molar-refractivity contribution in [3.05, 3.63) is 59.8 Å². The van der Waals surface area contributed by atoms with Gasteiger partial charge in [-0.1, -0.05) is 0 Å². The minimum atomic E-state index is -3.09. The number of aromatic nitrogens is 3. The molecule has 0 spiro atoms. The predicted molar refractivity (Wildman–Crippen MR) is 165 cm³/mol. The highest BCUT2D eigenvalue weighted by atomic mass is 19.3. The Hall–Kier alpha value is -4.54. The summed E-state index contributed by atoms with van der Waals surface area (Å²) in [6.07, 6.45) is 8.08. The standard InChI is InChI=1S/C31H37F2N9O5/c32-31(33)47-25-15-23-26(46-11-5-34-23)14-21(25)28-24(37-30(44)22-16-36-42-6-1-4-35-29(22)42)18-41(38-28)19-27(43)40-7-2-20(3-8-40)17-39-9-12-45-13-10-39/h1,4,6,14-16,18,20,28,31,34,38H,2-3,5,7-13,17,19H2,(H,37,44). The van der Waals surface area contributed by atoms with Crippen LogP contribution in [-0.4, -0.2) is 113 Å². The van der Waals surface area contributed by atoms with Crippen LogP contribution in [0.4, 0.5) is 14.5 Å². The van der Waals surface area contributed by atoms with Crippen LogP contribution < -0.4 is 25.5 Å². The van der Waals surface area contributed by atoms with Crippen LogP contribution in [0.15, 0.2) is 48.7 Å². The Kier molecular flexibility index (Phi) is 9.04. The van der Waals surface area contributed by atoms with Crippen molar-refractivity contribution in [2.24, 2.45) is 5.92 Å². The molecule has 2 aromatic heterocycles. The van der Waals surface area contributed by atoms with Gasteiger partial charge in [-0.05, 0) is 30.9 Å². The molecule has 4 aliphatic heterocycles. The number of benzene rings is 1. The van der Waals surface area contributed by atoms with E-state index in [1.165, 1.54) is 16.8 Å². The molecule has 250 valence electrons. The Morgan fingerprint density at radius 3 is 2.77 bits per heavy atom. The Bertz CT molecular complexity index is 1640. The van der Waals surface area contributed by atoms with Crippen molar-refractivity contribution in [2.45, 2.75) is 25.5 Å². The van der Waals surface area contributed by atoms with Gasteiger partial charge < -0.3 is 34.8 Å². The first-order chi connectivity index (χ1) is 22.9. The van der Waals surface area contributed by atoms with Gasteiger partial charge in [0.25, 0.3) is 5.91 Å². The molecule has 2 saturated heterocycles. The summed E-state index contributed by atoms with van der Waals surface area (Å²) in [6.45, 7) is 3.51. The predicted octanol–water partition coefficient (Wildman–Crippen LogP) is 1.84. The summed E-state index contributed by atoms with van der Waals surface area (Å²) in [4.78, 5) is 35.6. The lowest BCUT2D eigenvalue weighted by Crippen LogP contribution is -2.47. The van der Waals surface area contributed by atoms with E-state index >= 15 is 0 Å². The molecule has 1 aromatic carbocycles. The van der Waals surface area contributed by atoms with E-state index in [1.807, 2.05) is 4.90 Å². The number of hydrazine groups is 1. The van der Waals surface area contributed by atoms with Crippen molar-refractivity contribution in [1.29, 1.82) is 0 Å². The number of morpholine rings is 1. The van der Waals surface area contributed by atoms with Crippen molar-refractivity contribution < 1.29 is 32.6 Å². The van der Waals surface area contributed by atoms with E-state index < -0.39 is 18.6 Å². The molecule has 16 heteroatoms. The Labute approximate surface area is 269 Å². The van der Waals surface area contributed by atoms with Crippen LogP contribution in [0.5, 0.6) is 11.5 Å². The maximum absolute atomic E-state index is 13.6. The quantitative estimate of drug-likeness (QED) is 0.312. The number of likely N-dealkylation sites (tertiary alicyclic amines) is 1. The van der Waals surface area contributed by atoms with E-state index in [9.17, 15) is 18.4 Å². The van der Waals surface area contributed by atoms with E-state index in [2.05, 4.69) is 31.0 Å². The molecular weight excluding hydrogens is 616 g/mol. The summed E-state index contributed by atoms with van der Waals surface area (Å²) >= 11 is 0. The molecular formula is C31H37F2N9O5. The zero-order valence-electron chi connectivity index (χ0n) is 25.7. The number of nitrogens with zero attached hydrogens (tertiary/aromatic N) is 6. The highest BCUT2D eigenvalue weighted by Gasteiger charge is 2.34. The molecule has 47 heavy (non-hydrogen) atoms. The highest BCUT2D eigenvalue weighted by molar-refractivity contribution is 6.00. The fraction of sp³-hybridized carbons (Fsp3) is 0.484. The third-order valence-corrected chi connectivity index (χ3v) is 8.89. The van der Waals surface area contributed by atoms with Crippen molar-refractivity contribution in [1.82, 2.24) is 40.1 Å².